The molecule has 0 radical (unpaired) electrons. The highest BCUT2D eigenvalue weighted by Crippen LogP contribution is 2.07. The topological polar surface area (TPSA) is 78.7 Å². The molecule has 0 aliphatic carbocycles. The van der Waals surface area contributed by atoms with Gasteiger partial charge in [0.2, 0.25) is 0 Å². The highest BCUT2D eigenvalue weighted by Gasteiger charge is 2.07. The lowest BCUT2D eigenvalue weighted by Gasteiger charge is -2.13. The van der Waals surface area contributed by atoms with Crippen LogP contribution in [0.25, 0.3) is 0 Å². The van der Waals surface area contributed by atoms with Crippen molar-refractivity contribution in [1.29, 1.82) is 0 Å². The van der Waals surface area contributed by atoms with Gasteiger partial charge in [-0.1, -0.05) is 42.0 Å². The molecule has 0 aliphatic heterocycles. The Balaban J connectivity index is 0.00000320. The van der Waals surface area contributed by atoms with Crippen molar-refractivity contribution in [2.75, 3.05) is 7.05 Å². The number of nitrogens with zero attached hydrogens (tertiary/aromatic N) is 1. The van der Waals surface area contributed by atoms with Gasteiger partial charge >= 0.3 is 0 Å². The third-order valence-corrected chi connectivity index (χ3v) is 4.42. The molecule has 0 fully saturated rings. The van der Waals surface area contributed by atoms with E-state index < -0.39 is 0 Å². The fourth-order valence-electron chi connectivity index (χ4n) is 2.92. The molecule has 0 spiro atoms. The van der Waals surface area contributed by atoms with Crippen molar-refractivity contribution < 1.29 is 9.21 Å². The number of amides is 1. The van der Waals surface area contributed by atoms with Gasteiger partial charge in [-0.25, -0.2) is 0 Å². The fraction of sp³-hybridized carbons (Fsp3) is 0.217. The number of aryl methyl sites for hydroxylation is 1. The van der Waals surface area contributed by atoms with Crippen molar-refractivity contribution in [3.8, 4) is 0 Å². The van der Waals surface area contributed by atoms with E-state index in [4.69, 9.17) is 4.42 Å². The number of carbonyl (C=O) groups is 1. The molecular formula is C23H27IN4O2. The van der Waals surface area contributed by atoms with Crippen LogP contribution >= 0.6 is 24.0 Å². The number of aliphatic imine (C=N–C) groups is 1. The summed E-state index contributed by atoms with van der Waals surface area (Å²) in [6.07, 6.45) is 1.59. The van der Waals surface area contributed by atoms with Crippen LogP contribution in [0.3, 0.4) is 0 Å². The third kappa shape index (κ3) is 7.22. The number of hydrogen-bond acceptors (Lipinski definition) is 3. The number of furan rings is 1. The van der Waals surface area contributed by atoms with Crippen LogP contribution in [0.1, 0.15) is 32.8 Å². The number of guanidine groups is 1. The smallest absolute Gasteiger partial charge is 0.251 e. The Hall–Kier alpha value is -2.81. The monoisotopic (exact) mass is 518 g/mol. The molecule has 0 saturated carbocycles. The Morgan fingerprint density at radius 1 is 0.900 bits per heavy atom. The summed E-state index contributed by atoms with van der Waals surface area (Å²) >= 11 is 0. The second-order valence-electron chi connectivity index (χ2n) is 6.73. The van der Waals surface area contributed by atoms with Gasteiger partial charge < -0.3 is 20.4 Å². The molecule has 0 unspecified atom stereocenters. The molecule has 6 nitrogen and oxygen atoms in total. The largest absolute Gasteiger partial charge is 0.467 e. The van der Waals surface area contributed by atoms with Gasteiger partial charge in [0.05, 0.1) is 12.8 Å². The van der Waals surface area contributed by atoms with Crippen molar-refractivity contribution in [2.45, 2.75) is 26.6 Å². The minimum Gasteiger partial charge on any atom is -0.467 e. The van der Waals surface area contributed by atoms with E-state index in [1.165, 1.54) is 11.1 Å². The summed E-state index contributed by atoms with van der Waals surface area (Å²) in [5.74, 6) is 1.30. The van der Waals surface area contributed by atoms with Gasteiger partial charge in [-0.05, 0) is 42.3 Å². The summed E-state index contributed by atoms with van der Waals surface area (Å²) in [4.78, 5) is 16.6. The summed E-state index contributed by atoms with van der Waals surface area (Å²) < 4.78 is 5.24. The SMILES string of the molecule is CN=C(NCc1cccc(C)c1)NCc1cccc(C(=O)NCc2ccco2)c1.I. The number of rotatable bonds is 7. The maximum atomic E-state index is 12.4. The van der Waals surface area contributed by atoms with Gasteiger partial charge in [0, 0.05) is 25.7 Å². The minimum atomic E-state index is -0.134. The average Bonchev–Trinajstić information content (AvgIpc) is 3.26. The Morgan fingerprint density at radius 2 is 1.60 bits per heavy atom. The van der Waals surface area contributed by atoms with E-state index in [1.54, 1.807) is 25.4 Å². The van der Waals surface area contributed by atoms with E-state index in [9.17, 15) is 4.79 Å². The Morgan fingerprint density at radius 3 is 2.23 bits per heavy atom. The van der Waals surface area contributed by atoms with E-state index in [-0.39, 0.29) is 29.9 Å². The molecule has 0 aliphatic rings. The van der Waals surface area contributed by atoms with E-state index >= 15 is 0 Å². The number of nitrogens with one attached hydrogen (secondary N) is 3. The van der Waals surface area contributed by atoms with Crippen molar-refractivity contribution in [3.63, 3.8) is 0 Å². The Labute approximate surface area is 194 Å². The summed E-state index contributed by atoms with van der Waals surface area (Å²) in [7, 11) is 1.74. The van der Waals surface area contributed by atoms with Crippen LogP contribution in [0.4, 0.5) is 0 Å². The normalized spacial score (nSPS) is 10.8. The standard InChI is InChI=1S/C23H26N4O2.HI/c1-17-6-3-7-18(12-17)14-26-23(24-2)27-15-19-8-4-9-20(13-19)22(28)25-16-21-10-5-11-29-21;/h3-13H,14-16H2,1-2H3,(H,25,28)(H2,24,26,27);1H. The van der Waals surface area contributed by atoms with Gasteiger partial charge in [0.15, 0.2) is 5.96 Å². The van der Waals surface area contributed by atoms with Crippen LogP contribution < -0.4 is 16.0 Å². The third-order valence-electron chi connectivity index (χ3n) is 4.42. The zero-order valence-corrected chi connectivity index (χ0v) is 19.5. The first kappa shape index (κ1) is 23.5. The molecule has 7 heteroatoms. The second kappa shape index (κ2) is 12.0. The molecule has 3 aromatic rings. The summed E-state index contributed by atoms with van der Waals surface area (Å²) in [5.41, 5.74) is 4.03. The quantitative estimate of drug-likeness (QED) is 0.251. The number of halogens is 1. The zero-order valence-electron chi connectivity index (χ0n) is 17.1. The molecule has 2 aromatic carbocycles. The molecule has 3 rings (SSSR count). The highest BCUT2D eigenvalue weighted by molar-refractivity contribution is 14.0. The van der Waals surface area contributed by atoms with Gasteiger partial charge in [0.1, 0.15) is 5.76 Å². The van der Waals surface area contributed by atoms with E-state index in [0.29, 0.717) is 31.2 Å². The molecule has 30 heavy (non-hydrogen) atoms. The molecule has 1 aromatic heterocycles. The zero-order chi connectivity index (χ0) is 20.5. The minimum absolute atomic E-state index is 0. The average molecular weight is 518 g/mol. The molecule has 0 bridgehead atoms. The lowest BCUT2D eigenvalue weighted by molar-refractivity contribution is 0.0948. The van der Waals surface area contributed by atoms with E-state index in [0.717, 1.165) is 11.3 Å². The molecule has 0 saturated heterocycles. The maximum Gasteiger partial charge on any atom is 0.251 e. The van der Waals surface area contributed by atoms with Crippen LogP contribution in [0.2, 0.25) is 0 Å². The Kier molecular flexibility index (Phi) is 9.40. The van der Waals surface area contributed by atoms with Crippen LogP contribution in [0, 0.1) is 6.92 Å². The summed E-state index contributed by atoms with van der Waals surface area (Å²) in [6, 6.07) is 19.5. The number of carbonyl (C=O) groups excluding carboxylic acids is 1. The first-order valence-corrected chi connectivity index (χ1v) is 9.53. The predicted octanol–water partition coefficient (Wildman–Crippen LogP) is 4.00. The predicted molar refractivity (Wildman–Crippen MR) is 130 cm³/mol. The lowest BCUT2D eigenvalue weighted by Crippen LogP contribution is -2.36. The molecule has 0 atom stereocenters. The summed E-state index contributed by atoms with van der Waals surface area (Å²) in [5, 5.41) is 9.45. The van der Waals surface area contributed by atoms with Gasteiger partial charge in [-0.2, -0.15) is 0 Å². The number of hydrogen-bond donors (Lipinski definition) is 3. The fourth-order valence-corrected chi connectivity index (χ4v) is 2.92. The van der Waals surface area contributed by atoms with Gasteiger partial charge in [-0.15, -0.1) is 24.0 Å². The first-order valence-electron chi connectivity index (χ1n) is 9.53. The van der Waals surface area contributed by atoms with Crippen molar-refractivity contribution in [1.82, 2.24) is 16.0 Å². The van der Waals surface area contributed by atoms with E-state index in [2.05, 4.69) is 46.1 Å². The van der Waals surface area contributed by atoms with Crippen LogP contribution in [0.5, 0.6) is 0 Å². The molecule has 1 heterocycles. The van der Waals surface area contributed by atoms with Crippen LogP contribution in [-0.4, -0.2) is 18.9 Å². The highest BCUT2D eigenvalue weighted by atomic mass is 127. The van der Waals surface area contributed by atoms with Crippen molar-refractivity contribution in [3.05, 3.63) is 94.9 Å². The Bertz CT molecular complexity index is 971. The molecule has 158 valence electrons. The van der Waals surface area contributed by atoms with E-state index in [1.807, 2.05) is 30.3 Å². The molecular weight excluding hydrogens is 491 g/mol. The maximum absolute atomic E-state index is 12.4. The van der Waals surface area contributed by atoms with Gasteiger partial charge in [0.25, 0.3) is 5.91 Å². The van der Waals surface area contributed by atoms with Gasteiger partial charge in [-0.3, -0.25) is 9.79 Å². The first-order chi connectivity index (χ1) is 14.1. The van der Waals surface area contributed by atoms with Crippen molar-refractivity contribution >= 4 is 35.8 Å². The molecule has 1 amide bonds. The lowest BCUT2D eigenvalue weighted by atomic mass is 10.1. The second-order valence-corrected chi connectivity index (χ2v) is 6.73. The molecule has 3 N–H and O–H groups in total. The number of benzene rings is 2. The van der Waals surface area contributed by atoms with Crippen LogP contribution in [-0.2, 0) is 19.6 Å². The van der Waals surface area contributed by atoms with Crippen molar-refractivity contribution in [2.24, 2.45) is 4.99 Å². The summed E-state index contributed by atoms with van der Waals surface area (Å²) in [6.45, 7) is 3.70. The van der Waals surface area contributed by atoms with Crippen LogP contribution in [0.15, 0.2) is 76.3 Å².